The molecule has 0 saturated heterocycles. The van der Waals surface area contributed by atoms with E-state index in [2.05, 4.69) is 5.32 Å². The first-order valence-electron chi connectivity index (χ1n) is 6.98. The number of hydrogen-bond acceptors (Lipinski definition) is 4. The molecule has 1 unspecified atom stereocenters. The van der Waals surface area contributed by atoms with Crippen molar-refractivity contribution in [3.8, 4) is 5.75 Å². The number of amides is 1. The van der Waals surface area contributed by atoms with Gasteiger partial charge in [-0.1, -0.05) is 17.7 Å². The lowest BCUT2D eigenvalue weighted by Crippen LogP contribution is -2.44. The predicted molar refractivity (Wildman–Crippen MR) is 82.2 cm³/mol. The van der Waals surface area contributed by atoms with Crippen molar-refractivity contribution >= 4 is 12.1 Å². The van der Waals surface area contributed by atoms with Gasteiger partial charge in [0.1, 0.15) is 17.4 Å². The van der Waals surface area contributed by atoms with Gasteiger partial charge in [0, 0.05) is 6.42 Å². The van der Waals surface area contributed by atoms with E-state index in [0.717, 1.165) is 5.56 Å². The molecule has 0 aromatic heterocycles. The van der Waals surface area contributed by atoms with Gasteiger partial charge >= 0.3 is 12.1 Å². The summed E-state index contributed by atoms with van der Waals surface area (Å²) < 4.78 is 10.3. The van der Waals surface area contributed by atoms with Gasteiger partial charge in [0.05, 0.1) is 7.11 Å². The van der Waals surface area contributed by atoms with E-state index < -0.39 is 23.7 Å². The molecule has 2 N–H and O–H groups in total. The number of hydrogen-bond donors (Lipinski definition) is 2. The van der Waals surface area contributed by atoms with Crippen LogP contribution in [0.3, 0.4) is 0 Å². The van der Waals surface area contributed by atoms with Crippen molar-refractivity contribution in [3.05, 3.63) is 29.3 Å². The van der Waals surface area contributed by atoms with Crippen molar-refractivity contribution in [2.24, 2.45) is 0 Å². The summed E-state index contributed by atoms with van der Waals surface area (Å²) in [6.45, 7) is 7.05. The van der Waals surface area contributed by atoms with Gasteiger partial charge in [0.25, 0.3) is 0 Å². The highest BCUT2D eigenvalue weighted by Gasteiger charge is 2.25. The first-order chi connectivity index (χ1) is 10.1. The maximum absolute atomic E-state index is 11.8. The average Bonchev–Trinajstić information content (AvgIpc) is 2.35. The second-order valence-corrected chi connectivity index (χ2v) is 6.06. The fraction of sp³-hybridized carbons (Fsp3) is 0.500. The van der Waals surface area contributed by atoms with E-state index in [4.69, 9.17) is 9.47 Å². The van der Waals surface area contributed by atoms with Gasteiger partial charge in [-0.05, 0) is 39.3 Å². The van der Waals surface area contributed by atoms with Gasteiger partial charge in [-0.2, -0.15) is 0 Å². The number of nitrogens with one attached hydrogen (secondary N) is 1. The standard InChI is InChI=1S/C16H23NO5/c1-10-6-7-13(21-5)11(8-10)9-12(14(18)19)17-15(20)22-16(2,3)4/h6-8,12H,9H2,1-5H3,(H,17,20)(H,18,19). The summed E-state index contributed by atoms with van der Waals surface area (Å²) in [4.78, 5) is 23.1. The zero-order chi connectivity index (χ0) is 16.9. The molecule has 6 nitrogen and oxygen atoms in total. The molecule has 1 aromatic rings. The van der Waals surface area contributed by atoms with Gasteiger partial charge in [-0.15, -0.1) is 0 Å². The zero-order valence-electron chi connectivity index (χ0n) is 13.6. The molecular formula is C16H23NO5. The Balaban J connectivity index is 2.87. The van der Waals surface area contributed by atoms with Gasteiger partial charge in [-0.3, -0.25) is 0 Å². The summed E-state index contributed by atoms with van der Waals surface area (Å²) in [6, 6.07) is 4.40. The number of alkyl carbamates (subject to hydrolysis) is 1. The number of carboxylic acids is 1. The first-order valence-corrected chi connectivity index (χ1v) is 6.98. The lowest BCUT2D eigenvalue weighted by Gasteiger charge is -2.22. The van der Waals surface area contributed by atoms with Gasteiger partial charge in [0.2, 0.25) is 0 Å². The summed E-state index contributed by atoms with van der Waals surface area (Å²) in [7, 11) is 1.52. The number of carboxylic acid groups (broad SMARTS) is 1. The monoisotopic (exact) mass is 309 g/mol. The van der Waals surface area contributed by atoms with E-state index in [9.17, 15) is 14.7 Å². The molecule has 6 heteroatoms. The molecule has 0 spiro atoms. The molecule has 0 aliphatic rings. The van der Waals surface area contributed by atoms with Crippen LogP contribution in [0, 0.1) is 6.92 Å². The summed E-state index contributed by atoms with van der Waals surface area (Å²) in [5.41, 5.74) is 1.01. The minimum absolute atomic E-state index is 0.111. The molecule has 0 radical (unpaired) electrons. The molecule has 22 heavy (non-hydrogen) atoms. The fourth-order valence-corrected chi connectivity index (χ4v) is 1.94. The van der Waals surface area contributed by atoms with Gasteiger partial charge in [0.15, 0.2) is 0 Å². The summed E-state index contributed by atoms with van der Waals surface area (Å²) in [5.74, 6) is -0.544. The Morgan fingerprint density at radius 3 is 2.45 bits per heavy atom. The predicted octanol–water partition coefficient (Wildman–Crippen LogP) is 2.52. The Morgan fingerprint density at radius 2 is 1.95 bits per heavy atom. The molecule has 1 atom stereocenters. The molecule has 1 rings (SSSR count). The highest BCUT2D eigenvalue weighted by atomic mass is 16.6. The Labute approximate surface area is 130 Å². The topological polar surface area (TPSA) is 84.9 Å². The van der Waals surface area contributed by atoms with Crippen LogP contribution in [-0.4, -0.2) is 35.9 Å². The average molecular weight is 309 g/mol. The van der Waals surface area contributed by atoms with E-state index in [0.29, 0.717) is 11.3 Å². The van der Waals surface area contributed by atoms with E-state index in [1.54, 1.807) is 26.8 Å². The van der Waals surface area contributed by atoms with Crippen molar-refractivity contribution < 1.29 is 24.2 Å². The zero-order valence-corrected chi connectivity index (χ0v) is 13.6. The maximum atomic E-state index is 11.8. The van der Waals surface area contributed by atoms with E-state index in [1.165, 1.54) is 7.11 Å². The number of aliphatic carboxylic acids is 1. The third-order valence-electron chi connectivity index (χ3n) is 2.85. The molecule has 0 fully saturated rings. The highest BCUT2D eigenvalue weighted by Crippen LogP contribution is 2.21. The van der Waals surface area contributed by atoms with Crippen LogP contribution in [0.5, 0.6) is 5.75 Å². The molecule has 1 aromatic carbocycles. The number of carbonyl (C=O) groups excluding carboxylic acids is 1. The number of aryl methyl sites for hydroxylation is 1. The summed E-state index contributed by atoms with van der Waals surface area (Å²) in [6.07, 6.45) is -0.647. The minimum atomic E-state index is -1.13. The molecule has 0 saturated carbocycles. The number of carbonyl (C=O) groups is 2. The summed E-state index contributed by atoms with van der Waals surface area (Å²) >= 11 is 0. The lowest BCUT2D eigenvalue weighted by molar-refractivity contribution is -0.139. The molecular weight excluding hydrogens is 286 g/mol. The third-order valence-corrected chi connectivity index (χ3v) is 2.85. The Morgan fingerprint density at radius 1 is 1.32 bits per heavy atom. The number of benzene rings is 1. The molecule has 0 bridgehead atoms. The Hall–Kier alpha value is -2.24. The van der Waals surface area contributed by atoms with Gasteiger partial charge < -0.3 is 19.9 Å². The largest absolute Gasteiger partial charge is 0.496 e. The number of ether oxygens (including phenoxy) is 2. The fourth-order valence-electron chi connectivity index (χ4n) is 1.94. The third kappa shape index (κ3) is 5.63. The van der Waals surface area contributed by atoms with E-state index in [-0.39, 0.29) is 6.42 Å². The van der Waals surface area contributed by atoms with E-state index >= 15 is 0 Å². The van der Waals surface area contributed by atoms with Crippen molar-refractivity contribution in [2.75, 3.05) is 7.11 Å². The normalized spacial score (nSPS) is 12.4. The number of methoxy groups -OCH3 is 1. The second-order valence-electron chi connectivity index (χ2n) is 6.06. The van der Waals surface area contributed by atoms with E-state index in [1.807, 2.05) is 19.1 Å². The van der Waals surface area contributed by atoms with Crippen LogP contribution in [0.1, 0.15) is 31.9 Å². The van der Waals surface area contributed by atoms with Gasteiger partial charge in [-0.25, -0.2) is 9.59 Å². The lowest BCUT2D eigenvalue weighted by atomic mass is 10.0. The summed E-state index contributed by atoms with van der Waals surface area (Å²) in [5, 5.41) is 11.7. The quantitative estimate of drug-likeness (QED) is 0.873. The minimum Gasteiger partial charge on any atom is -0.496 e. The van der Waals surface area contributed by atoms with Crippen LogP contribution in [0.15, 0.2) is 18.2 Å². The number of rotatable bonds is 5. The van der Waals surface area contributed by atoms with Crippen LogP contribution in [-0.2, 0) is 16.0 Å². The van der Waals surface area contributed by atoms with Crippen molar-refractivity contribution in [1.29, 1.82) is 0 Å². The van der Waals surface area contributed by atoms with Crippen LogP contribution in [0.2, 0.25) is 0 Å². The molecule has 0 heterocycles. The Bertz CT molecular complexity index is 548. The van der Waals surface area contributed by atoms with Crippen LogP contribution < -0.4 is 10.1 Å². The molecule has 1 amide bonds. The van der Waals surface area contributed by atoms with Crippen LogP contribution in [0.4, 0.5) is 4.79 Å². The van der Waals surface area contributed by atoms with Crippen molar-refractivity contribution in [3.63, 3.8) is 0 Å². The van der Waals surface area contributed by atoms with Crippen LogP contribution >= 0.6 is 0 Å². The van der Waals surface area contributed by atoms with Crippen LogP contribution in [0.25, 0.3) is 0 Å². The first kappa shape index (κ1) is 17.8. The maximum Gasteiger partial charge on any atom is 0.408 e. The van der Waals surface area contributed by atoms with Crippen molar-refractivity contribution in [1.82, 2.24) is 5.32 Å². The highest BCUT2D eigenvalue weighted by molar-refractivity contribution is 5.80. The molecule has 122 valence electrons. The molecule has 0 aliphatic heterocycles. The second kappa shape index (κ2) is 7.15. The molecule has 0 aliphatic carbocycles. The smallest absolute Gasteiger partial charge is 0.408 e. The SMILES string of the molecule is COc1ccc(C)cc1CC(NC(=O)OC(C)(C)C)C(=O)O. The Kier molecular flexibility index (Phi) is 5.79. The van der Waals surface area contributed by atoms with Crippen molar-refractivity contribution in [2.45, 2.75) is 45.8 Å².